The van der Waals surface area contributed by atoms with Crippen LogP contribution in [0.3, 0.4) is 0 Å². The van der Waals surface area contributed by atoms with E-state index >= 15 is 0 Å². The molecule has 0 aliphatic carbocycles. The quantitative estimate of drug-likeness (QED) is 0.0598. The molecule has 8 aromatic heterocycles. The highest BCUT2D eigenvalue weighted by Crippen LogP contribution is 2.47. The smallest absolute Gasteiger partial charge is 0.235 e. The average molecular weight is 1640 g/mol. The molecule has 113 heavy (non-hydrogen) atoms. The summed E-state index contributed by atoms with van der Waals surface area (Å²) in [6, 6.07) is 36.0. The number of halogens is 5. The number of anilines is 7. The molecule has 0 atom stereocenters. The van der Waals surface area contributed by atoms with E-state index in [1.807, 2.05) is 135 Å². The van der Waals surface area contributed by atoms with Gasteiger partial charge in [0.2, 0.25) is 21.8 Å². The van der Waals surface area contributed by atoms with Crippen LogP contribution < -0.4 is 39.4 Å². The molecule has 6 aliphatic heterocycles. The molecule has 27 nitrogen and oxygen atoms in total. The lowest BCUT2D eigenvalue weighted by atomic mass is 9.73. The number of pyridine rings is 2. The first-order valence-electron chi connectivity index (χ1n) is 37.5. The van der Waals surface area contributed by atoms with Gasteiger partial charge in [0.25, 0.3) is 0 Å². The number of likely N-dealkylation sites (tertiary alicyclic amines) is 1. The van der Waals surface area contributed by atoms with Crippen LogP contribution in [0.25, 0.3) is 65.6 Å². The number of hydrogen-bond donors (Lipinski definition) is 7. The van der Waals surface area contributed by atoms with Crippen LogP contribution in [0, 0.1) is 0 Å². The molecule has 0 radical (unpaired) electrons. The summed E-state index contributed by atoms with van der Waals surface area (Å²) >= 11 is 31.1. The Morgan fingerprint density at radius 2 is 0.938 bits per heavy atom. The van der Waals surface area contributed by atoms with E-state index < -0.39 is 15.4 Å². The summed E-state index contributed by atoms with van der Waals surface area (Å²) in [5.41, 5.74) is 15.2. The maximum Gasteiger partial charge on any atom is 0.235 e. The fourth-order valence-corrected chi connectivity index (χ4v) is 17.8. The number of para-hydroxylation sites is 1. The largest absolute Gasteiger partial charge is 0.371 e. The van der Waals surface area contributed by atoms with Gasteiger partial charge < -0.3 is 39.6 Å². The zero-order valence-electron chi connectivity index (χ0n) is 61.8. The van der Waals surface area contributed by atoms with Crippen molar-refractivity contribution in [1.82, 2.24) is 80.4 Å². The molecule has 6 aliphatic rings. The number of aromatic amines is 5. The number of hydrogen-bond acceptors (Lipinski definition) is 18. The maximum atomic E-state index is 12.7. The molecule has 1 spiro atoms. The number of piperazine rings is 2. The van der Waals surface area contributed by atoms with Crippen LogP contribution in [-0.2, 0) is 31.6 Å². The lowest BCUT2D eigenvalue weighted by molar-refractivity contribution is -0.130. The van der Waals surface area contributed by atoms with Crippen molar-refractivity contribution in [2.75, 3.05) is 133 Å². The predicted molar refractivity (Wildman–Crippen MR) is 451 cm³/mol. The number of H-pyrrole nitrogens is 5. The molecule has 0 bridgehead atoms. The van der Waals surface area contributed by atoms with Crippen LogP contribution in [-0.4, -0.2) is 200 Å². The number of rotatable bonds is 12. The number of piperidine rings is 2. The van der Waals surface area contributed by atoms with E-state index in [2.05, 4.69) is 135 Å². The lowest BCUT2D eigenvalue weighted by Gasteiger charge is -2.39. The Hall–Kier alpha value is -10.7. The standard InChI is InChI=1S/C19H17ClN4O.2C16H16ClN5.C16H19ClN4O.C13H14ClN5O2S/c20-12-9-16-13(11-21-23-16)17(10-12)24-7-5-19(6-8-24)14-3-1-2-4-15(14)22-18(19)25;17-12-9-15-14(11-19-20-15)16(10-12)22-7-5-21(6-8-22)13-1-3-18-4-2-13;17-12-8-15-14(11-19-20-15)16(9-12)22-6-4-21(5-7-22)13-2-1-3-18-10-13;17-11-8-14-13(10-18-19-14)15(9-11)20-6-3-12(4-7-20)21-5-1-2-16(21)22;1-22(20,21)17-2-3-19-8-9(6-16-19)11-4-10(14)5-13-12(11)7-15-18-13/h1-4,9-11H,5-8H2,(H,21,23)(H,22,25);1-4,9-11H,5-8H2,(H,19,20);1-3,8-11H,4-7H2,(H,19,20);8-10,12H,1-7H2,(H,18,19);4-8,17H,2-3H2,1H3,(H,15,18). The van der Waals surface area contributed by atoms with E-state index in [0.29, 0.717) is 28.5 Å². The zero-order valence-corrected chi connectivity index (χ0v) is 66.4. The number of aromatic nitrogens is 14. The van der Waals surface area contributed by atoms with Gasteiger partial charge in [0.1, 0.15) is 0 Å². The van der Waals surface area contributed by atoms with Gasteiger partial charge in [-0.05, 0) is 134 Å². The van der Waals surface area contributed by atoms with Crippen molar-refractivity contribution in [3.63, 3.8) is 0 Å². The van der Waals surface area contributed by atoms with Crippen molar-refractivity contribution in [2.24, 2.45) is 0 Å². The van der Waals surface area contributed by atoms with Crippen molar-refractivity contribution >= 4 is 174 Å². The molecule has 6 aromatic carbocycles. The van der Waals surface area contributed by atoms with E-state index in [0.717, 1.165) is 245 Å². The third kappa shape index (κ3) is 17.0. The highest BCUT2D eigenvalue weighted by atomic mass is 35.5. The van der Waals surface area contributed by atoms with Gasteiger partial charge in [-0.3, -0.25) is 49.7 Å². The fraction of sp³-hybridized carbons (Fsp3) is 0.300. The summed E-state index contributed by atoms with van der Waals surface area (Å²) in [5, 5.41) is 51.6. The monoisotopic (exact) mass is 1640 g/mol. The Morgan fingerprint density at radius 1 is 0.478 bits per heavy atom. The first-order chi connectivity index (χ1) is 54.9. The maximum absolute atomic E-state index is 12.7. The second-order valence-electron chi connectivity index (χ2n) is 28.8. The van der Waals surface area contributed by atoms with Gasteiger partial charge in [-0.25, -0.2) is 13.1 Å². The molecule has 2 amide bonds. The molecule has 33 heteroatoms. The molecule has 14 aromatic rings. The van der Waals surface area contributed by atoms with Crippen LogP contribution in [0.4, 0.5) is 39.8 Å². The normalized spacial score (nSPS) is 16.5. The van der Waals surface area contributed by atoms with Gasteiger partial charge in [-0.2, -0.15) is 30.6 Å². The third-order valence-corrected chi connectivity index (χ3v) is 23.7. The average Bonchev–Trinajstić information content (AvgIpc) is 1.59. The minimum atomic E-state index is -3.19. The van der Waals surface area contributed by atoms with Crippen LogP contribution >= 0.6 is 58.0 Å². The number of nitrogens with one attached hydrogen (secondary N) is 7. The molecule has 582 valence electrons. The number of benzene rings is 6. The Morgan fingerprint density at radius 3 is 1.42 bits per heavy atom. The summed E-state index contributed by atoms with van der Waals surface area (Å²) in [6.07, 6.45) is 26.7. The molecular weight excluding hydrogens is 1560 g/mol. The Bertz CT molecular complexity index is 5670. The number of sulfonamides is 1. The second kappa shape index (κ2) is 33.5. The van der Waals surface area contributed by atoms with E-state index in [-0.39, 0.29) is 12.5 Å². The van der Waals surface area contributed by atoms with Gasteiger partial charge in [0.05, 0.1) is 94.9 Å². The predicted octanol–water partition coefficient (Wildman–Crippen LogP) is 14.0. The highest BCUT2D eigenvalue weighted by molar-refractivity contribution is 7.88. The fourth-order valence-electron chi connectivity index (χ4n) is 16.2. The molecule has 5 saturated heterocycles. The summed E-state index contributed by atoms with van der Waals surface area (Å²) in [5.74, 6) is 0.464. The molecule has 20 rings (SSSR count). The van der Waals surface area contributed by atoms with Gasteiger partial charge in [0.15, 0.2) is 0 Å². The van der Waals surface area contributed by atoms with Crippen LogP contribution in [0.1, 0.15) is 44.1 Å². The lowest BCUT2D eigenvalue weighted by Crippen LogP contribution is -2.46. The number of nitrogens with zero attached hydrogens (tertiary/aromatic N) is 16. The molecular formula is C80H82Cl5N23O4S. The Labute approximate surface area is 676 Å². The minimum absolute atomic E-state index is 0.132. The number of fused-ring (bicyclic) bond motifs is 7. The molecule has 0 saturated carbocycles. The van der Waals surface area contributed by atoms with E-state index in [9.17, 15) is 18.0 Å². The summed E-state index contributed by atoms with van der Waals surface area (Å²) in [6.45, 7) is 12.9. The van der Waals surface area contributed by atoms with Crippen molar-refractivity contribution in [3.8, 4) is 11.1 Å². The van der Waals surface area contributed by atoms with Crippen molar-refractivity contribution in [3.05, 3.63) is 208 Å². The number of carbonyl (C=O) groups is 2. The summed E-state index contributed by atoms with van der Waals surface area (Å²) < 4.78 is 26.2. The van der Waals surface area contributed by atoms with Crippen LogP contribution in [0.5, 0.6) is 0 Å². The zero-order chi connectivity index (χ0) is 77.7. The van der Waals surface area contributed by atoms with Crippen LogP contribution in [0.2, 0.25) is 25.1 Å². The van der Waals surface area contributed by atoms with Gasteiger partial charge >= 0.3 is 0 Å². The molecule has 7 N–H and O–H groups in total. The third-order valence-electron chi connectivity index (χ3n) is 21.9. The topological polar surface area (TPSA) is 302 Å². The van der Waals surface area contributed by atoms with E-state index in [4.69, 9.17) is 58.0 Å². The molecule has 0 unspecified atom stereocenters. The van der Waals surface area contributed by atoms with Gasteiger partial charge in [0, 0.05) is 221 Å². The first kappa shape index (κ1) is 76.3. The first-order valence-corrected chi connectivity index (χ1v) is 41.3. The van der Waals surface area contributed by atoms with E-state index in [1.54, 1.807) is 23.3 Å². The number of carbonyl (C=O) groups excluding carboxylic acids is 2. The SMILES string of the molecule is CS(=O)(=O)NCCn1cc(-c2cc(Cl)cc3[nH]ncc23)cn1.Clc1cc(N2CCN(c3cccnc3)CC2)c2cn[nH]c2c1.Clc1cc(N2CCN(c3ccncc3)CC2)c2cn[nH]c2c1.O=C1CCCN1C1CCN(c2cc(Cl)cc3[nH]ncc23)CC1.O=C1Nc2ccccc2C12CCN(c1cc(Cl)cc3[nH]ncc13)CC2. The van der Waals surface area contributed by atoms with Crippen LogP contribution in [0.15, 0.2) is 177 Å². The van der Waals surface area contributed by atoms with Gasteiger partial charge in [-0.15, -0.1) is 0 Å². The van der Waals surface area contributed by atoms with Crippen molar-refractivity contribution in [1.29, 1.82) is 0 Å². The molecule has 5 fully saturated rings. The van der Waals surface area contributed by atoms with E-state index in [1.165, 1.54) is 11.4 Å². The van der Waals surface area contributed by atoms with Crippen molar-refractivity contribution in [2.45, 2.75) is 56.5 Å². The Kier molecular flexibility index (Phi) is 22.6. The van der Waals surface area contributed by atoms with Crippen molar-refractivity contribution < 1.29 is 18.0 Å². The van der Waals surface area contributed by atoms with Gasteiger partial charge in [-0.1, -0.05) is 76.2 Å². The minimum Gasteiger partial charge on any atom is -0.371 e. The second-order valence-corrected chi connectivity index (χ2v) is 32.8. The Balaban J connectivity index is 0.000000107. The summed E-state index contributed by atoms with van der Waals surface area (Å²) in [7, 11) is -3.19. The molecule has 14 heterocycles. The summed E-state index contributed by atoms with van der Waals surface area (Å²) in [4.78, 5) is 49.1. The number of amides is 2. The highest BCUT2D eigenvalue weighted by Gasteiger charge is 2.48.